The number of fused-ring (bicyclic) bond motifs is 1. The van der Waals surface area contributed by atoms with Crippen molar-refractivity contribution >= 4 is 22.3 Å². The SMILES string of the molecule is COc1ccc(-c2csc(-c3cc4ccccc4oc3=O)n2)cc1. The van der Waals surface area contributed by atoms with Crippen molar-refractivity contribution in [1.29, 1.82) is 0 Å². The third kappa shape index (κ3) is 2.59. The minimum atomic E-state index is -0.371. The van der Waals surface area contributed by atoms with Gasteiger partial charge in [0, 0.05) is 16.3 Å². The lowest BCUT2D eigenvalue weighted by Gasteiger charge is -2.01. The number of methoxy groups -OCH3 is 1. The Kier molecular flexibility index (Phi) is 3.63. The van der Waals surface area contributed by atoms with Crippen LogP contribution in [-0.2, 0) is 0 Å². The molecule has 118 valence electrons. The van der Waals surface area contributed by atoms with E-state index in [0.717, 1.165) is 22.4 Å². The second-order valence-corrected chi connectivity index (χ2v) is 6.11. The van der Waals surface area contributed by atoms with Crippen molar-refractivity contribution in [1.82, 2.24) is 4.98 Å². The number of aromatic nitrogens is 1. The molecular weight excluding hydrogens is 322 g/mol. The summed E-state index contributed by atoms with van der Waals surface area (Å²) in [6.45, 7) is 0. The van der Waals surface area contributed by atoms with Gasteiger partial charge in [0.25, 0.3) is 0 Å². The smallest absolute Gasteiger partial charge is 0.346 e. The summed E-state index contributed by atoms with van der Waals surface area (Å²) in [6.07, 6.45) is 0. The highest BCUT2D eigenvalue weighted by Gasteiger charge is 2.12. The molecule has 2 heterocycles. The molecular formula is C19H13NO3S. The van der Waals surface area contributed by atoms with Crippen LogP contribution in [0.15, 0.2) is 69.2 Å². The maximum Gasteiger partial charge on any atom is 0.346 e. The third-order valence-electron chi connectivity index (χ3n) is 3.76. The Balaban J connectivity index is 1.76. The molecule has 0 N–H and O–H groups in total. The summed E-state index contributed by atoms with van der Waals surface area (Å²) in [5.41, 5.74) is 2.50. The van der Waals surface area contributed by atoms with Gasteiger partial charge in [-0.05, 0) is 36.4 Å². The molecule has 2 aromatic heterocycles. The largest absolute Gasteiger partial charge is 0.497 e. The van der Waals surface area contributed by atoms with Gasteiger partial charge in [0.2, 0.25) is 0 Å². The second kappa shape index (κ2) is 5.94. The third-order valence-corrected chi connectivity index (χ3v) is 4.64. The first-order valence-corrected chi connectivity index (χ1v) is 8.26. The molecule has 0 saturated heterocycles. The Morgan fingerprint density at radius 1 is 1.08 bits per heavy atom. The summed E-state index contributed by atoms with van der Waals surface area (Å²) >= 11 is 1.43. The topological polar surface area (TPSA) is 52.3 Å². The van der Waals surface area contributed by atoms with Crippen LogP contribution in [0.4, 0.5) is 0 Å². The van der Waals surface area contributed by atoms with E-state index in [1.54, 1.807) is 13.2 Å². The van der Waals surface area contributed by atoms with Crippen LogP contribution in [0.1, 0.15) is 0 Å². The highest BCUT2D eigenvalue weighted by molar-refractivity contribution is 7.13. The summed E-state index contributed by atoms with van der Waals surface area (Å²) in [4.78, 5) is 16.8. The maximum atomic E-state index is 12.2. The maximum absolute atomic E-state index is 12.2. The van der Waals surface area contributed by atoms with E-state index in [0.29, 0.717) is 16.2 Å². The number of thiazole rings is 1. The molecule has 24 heavy (non-hydrogen) atoms. The van der Waals surface area contributed by atoms with E-state index in [1.165, 1.54) is 11.3 Å². The molecule has 4 nitrogen and oxygen atoms in total. The van der Waals surface area contributed by atoms with Crippen molar-refractivity contribution in [2.24, 2.45) is 0 Å². The Morgan fingerprint density at radius 2 is 1.88 bits per heavy atom. The summed E-state index contributed by atoms with van der Waals surface area (Å²) in [7, 11) is 1.63. The summed E-state index contributed by atoms with van der Waals surface area (Å²) in [5, 5.41) is 3.47. The van der Waals surface area contributed by atoms with Crippen molar-refractivity contribution in [2.75, 3.05) is 7.11 Å². The van der Waals surface area contributed by atoms with Crippen LogP contribution < -0.4 is 10.4 Å². The predicted octanol–water partition coefficient (Wildman–Crippen LogP) is 4.59. The fourth-order valence-corrected chi connectivity index (χ4v) is 3.34. The van der Waals surface area contributed by atoms with Gasteiger partial charge in [-0.1, -0.05) is 18.2 Å². The molecule has 4 rings (SSSR count). The monoisotopic (exact) mass is 335 g/mol. The zero-order valence-electron chi connectivity index (χ0n) is 12.9. The highest BCUT2D eigenvalue weighted by Crippen LogP contribution is 2.29. The molecule has 0 spiro atoms. The van der Waals surface area contributed by atoms with Crippen molar-refractivity contribution in [2.45, 2.75) is 0 Å². The standard InChI is InChI=1S/C19H13NO3S/c1-22-14-8-6-12(7-9-14)16-11-24-18(20-16)15-10-13-4-2-3-5-17(13)23-19(15)21/h2-11H,1H3. The number of nitrogens with zero attached hydrogens (tertiary/aromatic N) is 1. The van der Waals surface area contributed by atoms with E-state index in [1.807, 2.05) is 53.9 Å². The number of para-hydroxylation sites is 1. The van der Waals surface area contributed by atoms with Gasteiger partial charge in [-0.3, -0.25) is 0 Å². The van der Waals surface area contributed by atoms with Gasteiger partial charge in [-0.2, -0.15) is 0 Å². The zero-order chi connectivity index (χ0) is 16.5. The number of hydrogen-bond donors (Lipinski definition) is 0. The van der Waals surface area contributed by atoms with Gasteiger partial charge in [-0.15, -0.1) is 11.3 Å². The summed E-state index contributed by atoms with van der Waals surface area (Å²) < 4.78 is 10.6. The number of hydrogen-bond acceptors (Lipinski definition) is 5. The quantitative estimate of drug-likeness (QED) is 0.514. The van der Waals surface area contributed by atoms with Crippen molar-refractivity contribution in [3.63, 3.8) is 0 Å². The van der Waals surface area contributed by atoms with Crippen LogP contribution in [0, 0.1) is 0 Å². The van der Waals surface area contributed by atoms with Crippen molar-refractivity contribution in [3.8, 4) is 27.6 Å². The lowest BCUT2D eigenvalue weighted by molar-refractivity contribution is 0.415. The first kappa shape index (κ1) is 14.7. The molecule has 0 aliphatic rings. The van der Waals surface area contributed by atoms with Crippen LogP contribution in [0.5, 0.6) is 5.75 Å². The Labute approximate surface area is 142 Å². The summed E-state index contributed by atoms with van der Waals surface area (Å²) in [6, 6.07) is 17.0. The van der Waals surface area contributed by atoms with E-state index < -0.39 is 0 Å². The van der Waals surface area contributed by atoms with Crippen LogP contribution >= 0.6 is 11.3 Å². The normalized spacial score (nSPS) is 10.9. The van der Waals surface area contributed by atoms with Gasteiger partial charge in [0.05, 0.1) is 18.4 Å². The van der Waals surface area contributed by atoms with E-state index >= 15 is 0 Å². The first-order chi connectivity index (χ1) is 11.7. The number of benzene rings is 2. The molecule has 0 aliphatic carbocycles. The minimum absolute atomic E-state index is 0.371. The number of ether oxygens (including phenoxy) is 1. The average molecular weight is 335 g/mol. The van der Waals surface area contributed by atoms with Gasteiger partial charge >= 0.3 is 5.63 Å². The second-order valence-electron chi connectivity index (χ2n) is 5.25. The predicted molar refractivity (Wildman–Crippen MR) is 95.6 cm³/mol. The Morgan fingerprint density at radius 3 is 2.67 bits per heavy atom. The van der Waals surface area contributed by atoms with E-state index in [2.05, 4.69) is 4.98 Å². The molecule has 2 aromatic carbocycles. The Hall–Kier alpha value is -2.92. The van der Waals surface area contributed by atoms with E-state index in [-0.39, 0.29) is 5.63 Å². The van der Waals surface area contributed by atoms with Gasteiger partial charge < -0.3 is 9.15 Å². The van der Waals surface area contributed by atoms with Crippen molar-refractivity contribution < 1.29 is 9.15 Å². The lowest BCUT2D eigenvalue weighted by Crippen LogP contribution is -2.02. The van der Waals surface area contributed by atoms with Gasteiger partial charge in [0.1, 0.15) is 16.3 Å². The van der Waals surface area contributed by atoms with Crippen LogP contribution in [0.25, 0.3) is 32.8 Å². The van der Waals surface area contributed by atoms with Crippen LogP contribution in [0.2, 0.25) is 0 Å². The first-order valence-electron chi connectivity index (χ1n) is 7.38. The van der Waals surface area contributed by atoms with E-state index in [9.17, 15) is 4.79 Å². The zero-order valence-corrected chi connectivity index (χ0v) is 13.7. The molecule has 0 bridgehead atoms. The average Bonchev–Trinajstić information content (AvgIpc) is 3.11. The molecule has 0 radical (unpaired) electrons. The molecule has 0 saturated carbocycles. The Bertz CT molecular complexity index is 1060. The molecule has 0 aliphatic heterocycles. The van der Waals surface area contributed by atoms with Gasteiger partial charge in [-0.25, -0.2) is 9.78 Å². The summed E-state index contributed by atoms with van der Waals surface area (Å²) in [5.74, 6) is 0.796. The fourth-order valence-electron chi connectivity index (χ4n) is 2.50. The van der Waals surface area contributed by atoms with Crippen LogP contribution in [0.3, 0.4) is 0 Å². The molecule has 0 fully saturated rings. The molecule has 0 amide bonds. The number of rotatable bonds is 3. The van der Waals surface area contributed by atoms with E-state index in [4.69, 9.17) is 9.15 Å². The minimum Gasteiger partial charge on any atom is -0.497 e. The van der Waals surface area contributed by atoms with Crippen molar-refractivity contribution in [3.05, 3.63) is 70.4 Å². The lowest BCUT2D eigenvalue weighted by atomic mass is 10.1. The molecule has 0 unspecified atom stereocenters. The van der Waals surface area contributed by atoms with Gasteiger partial charge in [0.15, 0.2) is 0 Å². The molecule has 5 heteroatoms. The molecule has 0 atom stereocenters. The fraction of sp³-hybridized carbons (Fsp3) is 0.0526. The molecule has 4 aromatic rings. The highest BCUT2D eigenvalue weighted by atomic mass is 32.1. The van der Waals surface area contributed by atoms with Crippen LogP contribution in [-0.4, -0.2) is 12.1 Å².